The Balaban J connectivity index is 0.00000364. The Morgan fingerprint density at radius 3 is 2.67 bits per heavy atom. The number of anilines is 1. The van der Waals surface area contributed by atoms with Crippen LogP contribution in [0.2, 0.25) is 0 Å². The molecule has 5 nitrogen and oxygen atoms in total. The highest BCUT2D eigenvalue weighted by Gasteiger charge is 2.24. The number of hydrogen-bond donors (Lipinski definition) is 2. The normalized spacial score (nSPS) is 17.1. The third kappa shape index (κ3) is 8.15. The predicted octanol–water partition coefficient (Wildman–Crippen LogP) is 3.93. The number of nitrogens with one attached hydrogen (secondary N) is 2. The van der Waals surface area contributed by atoms with Gasteiger partial charge >= 0.3 is 0 Å². The standard InChI is InChI=1S/C20H34BrN5.HI/c1-4-25(5-2)14-9-8-13-23-20(22-3)24-17-12-15-26(16-17)19-11-7-6-10-18(19)21;/h6-7,10-11,17H,4-5,8-9,12-16H2,1-3H3,(H2,22,23,24);1H. The summed E-state index contributed by atoms with van der Waals surface area (Å²) in [4.78, 5) is 9.29. The number of benzene rings is 1. The minimum atomic E-state index is 0. The number of unbranched alkanes of at least 4 members (excludes halogenated alkanes) is 1. The number of aliphatic imine (C=N–C) groups is 1. The van der Waals surface area contributed by atoms with Gasteiger partial charge in [0.15, 0.2) is 5.96 Å². The molecule has 1 fully saturated rings. The average molecular weight is 552 g/mol. The lowest BCUT2D eigenvalue weighted by Crippen LogP contribution is -2.45. The fourth-order valence-corrected chi connectivity index (χ4v) is 3.94. The quantitative estimate of drug-likeness (QED) is 0.211. The molecule has 1 aromatic rings. The molecular weight excluding hydrogens is 517 g/mol. The predicted molar refractivity (Wildman–Crippen MR) is 132 cm³/mol. The van der Waals surface area contributed by atoms with Crippen LogP contribution in [0.5, 0.6) is 0 Å². The zero-order chi connectivity index (χ0) is 18.8. The number of nitrogens with zero attached hydrogens (tertiary/aromatic N) is 3. The Morgan fingerprint density at radius 1 is 1.26 bits per heavy atom. The van der Waals surface area contributed by atoms with E-state index in [-0.39, 0.29) is 24.0 Å². The smallest absolute Gasteiger partial charge is 0.191 e. The van der Waals surface area contributed by atoms with Gasteiger partial charge < -0.3 is 20.4 Å². The van der Waals surface area contributed by atoms with Gasteiger partial charge in [-0.1, -0.05) is 26.0 Å². The second kappa shape index (κ2) is 13.6. The summed E-state index contributed by atoms with van der Waals surface area (Å²) in [6.45, 7) is 11.0. The summed E-state index contributed by atoms with van der Waals surface area (Å²) in [5, 5.41) is 7.04. The van der Waals surface area contributed by atoms with E-state index in [2.05, 4.69) is 79.5 Å². The molecule has 0 saturated carbocycles. The van der Waals surface area contributed by atoms with E-state index in [0.717, 1.165) is 49.6 Å². The topological polar surface area (TPSA) is 42.9 Å². The fraction of sp³-hybridized carbons (Fsp3) is 0.650. The number of rotatable bonds is 9. The molecule has 27 heavy (non-hydrogen) atoms. The van der Waals surface area contributed by atoms with Crippen LogP contribution >= 0.6 is 39.9 Å². The van der Waals surface area contributed by atoms with Crippen LogP contribution in [0.25, 0.3) is 0 Å². The van der Waals surface area contributed by atoms with Crippen molar-refractivity contribution in [1.29, 1.82) is 0 Å². The molecule has 1 saturated heterocycles. The van der Waals surface area contributed by atoms with E-state index >= 15 is 0 Å². The molecule has 0 aliphatic carbocycles. The van der Waals surface area contributed by atoms with Gasteiger partial charge in [0.1, 0.15) is 0 Å². The van der Waals surface area contributed by atoms with Gasteiger partial charge in [0.05, 0.1) is 5.69 Å². The Hall–Kier alpha value is -0.540. The van der Waals surface area contributed by atoms with Crippen LogP contribution in [0.1, 0.15) is 33.1 Å². The first-order valence-corrected chi connectivity index (χ1v) is 10.7. The minimum absolute atomic E-state index is 0. The maximum absolute atomic E-state index is 4.39. The van der Waals surface area contributed by atoms with Gasteiger partial charge in [0.2, 0.25) is 0 Å². The van der Waals surface area contributed by atoms with E-state index in [0.29, 0.717) is 6.04 Å². The first kappa shape index (κ1) is 24.5. The van der Waals surface area contributed by atoms with Gasteiger partial charge in [0.25, 0.3) is 0 Å². The second-order valence-corrected chi connectivity index (χ2v) is 7.61. The molecule has 1 aliphatic rings. The molecule has 1 atom stereocenters. The van der Waals surface area contributed by atoms with Gasteiger partial charge in [0, 0.05) is 37.2 Å². The van der Waals surface area contributed by atoms with E-state index in [1.165, 1.54) is 25.1 Å². The highest BCUT2D eigenvalue weighted by Crippen LogP contribution is 2.28. The molecule has 0 amide bonds. The van der Waals surface area contributed by atoms with E-state index in [4.69, 9.17) is 0 Å². The molecule has 2 N–H and O–H groups in total. The summed E-state index contributed by atoms with van der Waals surface area (Å²) in [7, 11) is 1.85. The van der Waals surface area contributed by atoms with Crippen molar-refractivity contribution in [2.45, 2.75) is 39.2 Å². The fourth-order valence-electron chi connectivity index (χ4n) is 3.40. The Morgan fingerprint density at radius 2 is 2.00 bits per heavy atom. The van der Waals surface area contributed by atoms with Crippen LogP contribution in [0, 0.1) is 0 Å². The summed E-state index contributed by atoms with van der Waals surface area (Å²) >= 11 is 3.66. The maximum atomic E-state index is 4.39. The van der Waals surface area contributed by atoms with E-state index in [1.807, 2.05) is 7.05 Å². The van der Waals surface area contributed by atoms with Crippen LogP contribution < -0.4 is 15.5 Å². The minimum Gasteiger partial charge on any atom is -0.368 e. The zero-order valence-electron chi connectivity index (χ0n) is 16.9. The third-order valence-corrected chi connectivity index (χ3v) is 5.70. The van der Waals surface area contributed by atoms with Crippen molar-refractivity contribution < 1.29 is 0 Å². The van der Waals surface area contributed by atoms with E-state index in [9.17, 15) is 0 Å². The maximum Gasteiger partial charge on any atom is 0.191 e. The first-order valence-electron chi connectivity index (χ1n) is 9.86. The number of guanidine groups is 1. The molecule has 1 unspecified atom stereocenters. The molecule has 0 bridgehead atoms. The second-order valence-electron chi connectivity index (χ2n) is 6.76. The zero-order valence-corrected chi connectivity index (χ0v) is 20.8. The Labute approximate surface area is 190 Å². The number of hydrogen-bond acceptors (Lipinski definition) is 3. The van der Waals surface area contributed by atoms with Crippen LogP contribution in [0.15, 0.2) is 33.7 Å². The lowest BCUT2D eigenvalue weighted by molar-refractivity contribution is 0.297. The summed E-state index contributed by atoms with van der Waals surface area (Å²) in [6.07, 6.45) is 3.53. The van der Waals surface area contributed by atoms with Gasteiger partial charge in [-0.15, -0.1) is 24.0 Å². The average Bonchev–Trinajstić information content (AvgIpc) is 3.12. The molecule has 7 heteroatoms. The van der Waals surface area contributed by atoms with E-state index in [1.54, 1.807) is 0 Å². The molecular formula is C20H35BrIN5. The third-order valence-electron chi connectivity index (χ3n) is 5.03. The SMILES string of the molecule is CCN(CC)CCCCNC(=NC)NC1CCN(c2ccccc2Br)C1.I. The molecule has 154 valence electrons. The van der Waals surface area contributed by atoms with Crippen molar-refractivity contribution in [3.63, 3.8) is 0 Å². The Bertz CT molecular complexity index is 565. The van der Waals surface area contributed by atoms with Crippen LogP contribution in [0.3, 0.4) is 0 Å². The Kier molecular flexibility index (Phi) is 12.3. The monoisotopic (exact) mass is 551 g/mol. The van der Waals surface area contributed by atoms with Crippen molar-refractivity contribution in [1.82, 2.24) is 15.5 Å². The van der Waals surface area contributed by atoms with Crippen molar-refractivity contribution >= 4 is 51.6 Å². The molecule has 1 heterocycles. The molecule has 1 aromatic carbocycles. The van der Waals surface area contributed by atoms with Crippen molar-refractivity contribution in [2.24, 2.45) is 4.99 Å². The molecule has 2 rings (SSSR count). The van der Waals surface area contributed by atoms with Gasteiger partial charge in [-0.05, 0) is 67.0 Å². The summed E-state index contributed by atoms with van der Waals surface area (Å²) in [5.41, 5.74) is 1.27. The lowest BCUT2D eigenvalue weighted by atomic mass is 10.2. The highest BCUT2D eigenvalue weighted by atomic mass is 127. The molecule has 1 aliphatic heterocycles. The lowest BCUT2D eigenvalue weighted by Gasteiger charge is -2.21. The van der Waals surface area contributed by atoms with Crippen molar-refractivity contribution in [2.75, 3.05) is 51.2 Å². The largest absolute Gasteiger partial charge is 0.368 e. The van der Waals surface area contributed by atoms with Crippen molar-refractivity contribution in [3.8, 4) is 0 Å². The van der Waals surface area contributed by atoms with Gasteiger partial charge in [-0.2, -0.15) is 0 Å². The molecule has 0 spiro atoms. The van der Waals surface area contributed by atoms with E-state index < -0.39 is 0 Å². The van der Waals surface area contributed by atoms with Crippen LogP contribution in [-0.4, -0.2) is 63.2 Å². The van der Waals surface area contributed by atoms with Crippen molar-refractivity contribution in [3.05, 3.63) is 28.7 Å². The van der Waals surface area contributed by atoms with Gasteiger partial charge in [-0.25, -0.2) is 0 Å². The molecule has 0 aromatic heterocycles. The molecule has 0 radical (unpaired) electrons. The first-order chi connectivity index (χ1) is 12.7. The van der Waals surface area contributed by atoms with Gasteiger partial charge in [-0.3, -0.25) is 4.99 Å². The summed E-state index contributed by atoms with van der Waals surface area (Å²) < 4.78 is 1.16. The highest BCUT2D eigenvalue weighted by molar-refractivity contribution is 14.0. The van der Waals surface area contributed by atoms with Crippen LogP contribution in [-0.2, 0) is 0 Å². The summed E-state index contributed by atoms with van der Waals surface area (Å²) in [6, 6.07) is 8.87. The van der Waals surface area contributed by atoms with Crippen LogP contribution in [0.4, 0.5) is 5.69 Å². The summed E-state index contributed by atoms with van der Waals surface area (Å²) in [5.74, 6) is 0.923. The number of halogens is 2. The number of para-hydroxylation sites is 1.